The average molecular weight is 685 g/mol. The van der Waals surface area contributed by atoms with Crippen LogP contribution in [-0.2, 0) is 26.4 Å². The lowest BCUT2D eigenvalue weighted by Gasteiger charge is -2.58. The number of carbonyl (C=O) groups is 2. The zero-order valence-corrected chi connectivity index (χ0v) is 30.1. The standard InChI is InChI=1S/C37H49Cl2N4O4/c1-8-37(28-13-12-27-22-40-41-32(27)21-28)29(26-15-17-42(18-16-26)23-33(44)46-35(2,3)4)10-9-19-43(37,34(45)47-36(5,6)7)24-25-11-14-30(38)31(39)20-25/h8,11-14,20-22,26,29H,1,9-10,15-19,23-24H2,2-7H3,(H,40,41)/q+1. The van der Waals surface area contributed by atoms with Gasteiger partial charge < -0.3 is 9.47 Å². The maximum Gasteiger partial charge on any atom is 0.517 e. The molecule has 1 aromatic heterocycles. The van der Waals surface area contributed by atoms with Crippen LogP contribution in [0.25, 0.3) is 10.9 Å². The van der Waals surface area contributed by atoms with Crippen LogP contribution in [0.5, 0.6) is 0 Å². The Morgan fingerprint density at radius 3 is 2.36 bits per heavy atom. The molecule has 3 unspecified atom stereocenters. The van der Waals surface area contributed by atoms with Crippen LogP contribution in [-0.4, -0.2) is 69.0 Å². The first kappa shape index (κ1) is 35.4. The fourth-order valence-electron chi connectivity index (χ4n) is 7.88. The number of rotatable bonds is 7. The Bertz CT molecular complexity index is 1620. The van der Waals surface area contributed by atoms with Crippen molar-refractivity contribution >= 4 is 46.2 Å². The summed E-state index contributed by atoms with van der Waals surface area (Å²) in [5.41, 5.74) is 0.720. The van der Waals surface area contributed by atoms with Gasteiger partial charge in [-0.05, 0) is 111 Å². The fourth-order valence-corrected chi connectivity index (χ4v) is 8.20. The van der Waals surface area contributed by atoms with Crippen molar-refractivity contribution in [2.24, 2.45) is 11.8 Å². The molecule has 47 heavy (non-hydrogen) atoms. The Morgan fingerprint density at radius 2 is 1.72 bits per heavy atom. The van der Waals surface area contributed by atoms with E-state index in [-0.39, 0.29) is 34.9 Å². The molecular weight excluding hydrogens is 635 g/mol. The summed E-state index contributed by atoms with van der Waals surface area (Å²) < 4.78 is 12.0. The largest absolute Gasteiger partial charge is 0.517 e. The van der Waals surface area contributed by atoms with Crippen LogP contribution in [0.2, 0.25) is 10.0 Å². The van der Waals surface area contributed by atoms with Crippen LogP contribution in [0.3, 0.4) is 0 Å². The number of H-pyrrole nitrogens is 1. The second-order valence-electron chi connectivity index (χ2n) is 15.2. The lowest BCUT2D eigenvalue weighted by molar-refractivity contribution is -0.934. The molecule has 0 aliphatic carbocycles. The van der Waals surface area contributed by atoms with E-state index in [0.717, 1.165) is 60.8 Å². The smallest absolute Gasteiger partial charge is 0.459 e. The molecule has 0 spiro atoms. The van der Waals surface area contributed by atoms with E-state index in [2.05, 4.69) is 39.9 Å². The fraction of sp³-hybridized carbons (Fsp3) is 0.541. The maximum absolute atomic E-state index is 14.9. The molecule has 1 N–H and O–H groups in total. The highest BCUT2D eigenvalue weighted by Gasteiger charge is 2.64. The Hall–Kier alpha value is -2.91. The van der Waals surface area contributed by atoms with Gasteiger partial charge in [-0.3, -0.25) is 14.8 Å². The lowest BCUT2D eigenvalue weighted by atomic mass is 9.62. The Kier molecular flexibility index (Phi) is 10.2. The van der Waals surface area contributed by atoms with Gasteiger partial charge in [0.15, 0.2) is 5.54 Å². The van der Waals surface area contributed by atoms with Crippen LogP contribution < -0.4 is 0 Å². The molecule has 8 nitrogen and oxygen atoms in total. The summed E-state index contributed by atoms with van der Waals surface area (Å²) in [7, 11) is 0. The van der Waals surface area contributed by atoms with Gasteiger partial charge in [-0.1, -0.05) is 48.0 Å². The van der Waals surface area contributed by atoms with Gasteiger partial charge in [0.25, 0.3) is 0 Å². The van der Waals surface area contributed by atoms with Crippen molar-refractivity contribution in [3.05, 3.63) is 76.4 Å². The zero-order chi connectivity index (χ0) is 34.2. The van der Waals surface area contributed by atoms with E-state index in [9.17, 15) is 9.59 Å². The van der Waals surface area contributed by atoms with Gasteiger partial charge in [-0.15, -0.1) is 0 Å². The number of fused-ring (bicyclic) bond motifs is 1. The van der Waals surface area contributed by atoms with Crippen LogP contribution in [0, 0.1) is 11.8 Å². The molecular formula is C37H49Cl2N4O4+. The molecule has 0 bridgehead atoms. The highest BCUT2D eigenvalue weighted by Crippen LogP contribution is 2.55. The van der Waals surface area contributed by atoms with Gasteiger partial charge in [0.05, 0.1) is 34.8 Å². The molecule has 0 radical (unpaired) electrons. The zero-order valence-electron chi connectivity index (χ0n) is 28.6. The number of aromatic amines is 1. The number of hydrogen-bond donors (Lipinski definition) is 1. The molecule has 10 heteroatoms. The molecule has 5 rings (SSSR count). The van der Waals surface area contributed by atoms with Crippen LogP contribution in [0.15, 0.2) is 55.3 Å². The van der Waals surface area contributed by atoms with Gasteiger partial charge in [-0.2, -0.15) is 9.89 Å². The monoisotopic (exact) mass is 683 g/mol. The van der Waals surface area contributed by atoms with Crippen molar-refractivity contribution in [2.45, 2.75) is 90.5 Å². The average Bonchev–Trinajstić information content (AvgIpc) is 3.46. The number of halogens is 2. The van der Waals surface area contributed by atoms with E-state index in [0.29, 0.717) is 23.1 Å². The normalized spacial score (nSPS) is 24.6. The lowest BCUT2D eigenvalue weighted by Crippen LogP contribution is -2.71. The molecule has 3 atom stereocenters. The molecule has 2 aliphatic rings. The minimum atomic E-state index is -0.843. The van der Waals surface area contributed by atoms with Gasteiger partial charge in [0.1, 0.15) is 17.7 Å². The van der Waals surface area contributed by atoms with Crippen molar-refractivity contribution in [1.29, 1.82) is 0 Å². The second kappa shape index (κ2) is 13.5. The third-order valence-corrected chi connectivity index (χ3v) is 10.4. The van der Waals surface area contributed by atoms with E-state index < -0.39 is 16.7 Å². The minimum Gasteiger partial charge on any atom is -0.459 e. The molecule has 0 saturated carbocycles. The first-order chi connectivity index (χ1) is 22.1. The Morgan fingerprint density at radius 1 is 1.02 bits per heavy atom. The number of aromatic nitrogens is 2. The second-order valence-corrected chi connectivity index (χ2v) is 16.0. The van der Waals surface area contributed by atoms with E-state index in [1.54, 1.807) is 6.07 Å². The van der Waals surface area contributed by atoms with E-state index in [1.165, 1.54) is 0 Å². The number of esters is 1. The maximum atomic E-state index is 14.9. The molecule has 2 fully saturated rings. The van der Waals surface area contributed by atoms with Crippen molar-refractivity contribution in [3.63, 3.8) is 0 Å². The first-order valence-corrected chi connectivity index (χ1v) is 17.4. The molecule has 2 aliphatic heterocycles. The summed E-state index contributed by atoms with van der Waals surface area (Å²) in [5, 5.41) is 9.34. The molecule has 2 saturated heterocycles. The van der Waals surface area contributed by atoms with Gasteiger partial charge in [0, 0.05) is 22.4 Å². The van der Waals surface area contributed by atoms with E-state index in [4.69, 9.17) is 32.7 Å². The number of ether oxygens (including phenoxy) is 2. The van der Waals surface area contributed by atoms with Gasteiger partial charge in [-0.25, -0.2) is 4.48 Å². The van der Waals surface area contributed by atoms with Crippen LogP contribution >= 0.6 is 23.2 Å². The summed E-state index contributed by atoms with van der Waals surface area (Å²) in [6.07, 6.45) is 7.07. The molecule has 3 heterocycles. The first-order valence-electron chi connectivity index (χ1n) is 16.6. The van der Waals surface area contributed by atoms with Gasteiger partial charge in [0.2, 0.25) is 0 Å². The highest BCUT2D eigenvalue weighted by atomic mass is 35.5. The van der Waals surface area contributed by atoms with Crippen molar-refractivity contribution in [3.8, 4) is 0 Å². The number of amides is 1. The van der Waals surface area contributed by atoms with Crippen molar-refractivity contribution in [2.75, 3.05) is 26.2 Å². The van der Waals surface area contributed by atoms with Crippen molar-refractivity contribution < 1.29 is 23.5 Å². The number of nitrogens with zero attached hydrogens (tertiary/aromatic N) is 3. The van der Waals surface area contributed by atoms with E-state index in [1.807, 2.05) is 65.9 Å². The number of carbonyl (C=O) groups excluding carboxylic acids is 2. The third kappa shape index (κ3) is 7.41. The molecule has 254 valence electrons. The predicted molar refractivity (Wildman–Crippen MR) is 187 cm³/mol. The predicted octanol–water partition coefficient (Wildman–Crippen LogP) is 8.67. The molecule has 2 aromatic carbocycles. The summed E-state index contributed by atoms with van der Waals surface area (Å²) in [6, 6.07) is 11.9. The summed E-state index contributed by atoms with van der Waals surface area (Å²) in [5.74, 6) is 0.131. The van der Waals surface area contributed by atoms with Crippen LogP contribution in [0.4, 0.5) is 4.79 Å². The summed E-state index contributed by atoms with van der Waals surface area (Å²) in [6.45, 7) is 18.7. The van der Waals surface area contributed by atoms with Gasteiger partial charge >= 0.3 is 12.1 Å². The topological polar surface area (TPSA) is 84.5 Å². The number of nitrogens with one attached hydrogen (secondary N) is 1. The number of piperidine rings is 2. The SMILES string of the molecule is C=CC1(c2ccc3cn[nH]c3c2)C(C2CCN(CC(=O)OC(C)(C)C)CC2)CCC[N+]1(Cc1ccc(Cl)c(Cl)c1)C(=O)OC(C)(C)C. The van der Waals surface area contributed by atoms with Crippen LogP contribution in [0.1, 0.15) is 78.4 Å². The van der Waals surface area contributed by atoms with Crippen molar-refractivity contribution in [1.82, 2.24) is 15.1 Å². The number of hydrogen-bond acceptors (Lipinski definition) is 6. The Balaban J connectivity index is 1.61. The number of quaternary nitrogens is 1. The summed E-state index contributed by atoms with van der Waals surface area (Å²) >= 11 is 12.9. The molecule has 1 amide bonds. The summed E-state index contributed by atoms with van der Waals surface area (Å²) in [4.78, 5) is 29.8. The minimum absolute atomic E-state index is 0.00810. The third-order valence-electron chi connectivity index (χ3n) is 9.70. The number of benzene rings is 2. The quantitative estimate of drug-likeness (QED) is 0.152. The van der Waals surface area contributed by atoms with E-state index >= 15 is 0 Å². The Labute approximate surface area is 289 Å². The number of likely N-dealkylation sites (tertiary alicyclic amines) is 2. The molecule has 3 aromatic rings. The highest BCUT2D eigenvalue weighted by molar-refractivity contribution is 6.42.